The van der Waals surface area contributed by atoms with Crippen LogP contribution in [0, 0.1) is 0 Å². The van der Waals surface area contributed by atoms with Crippen molar-refractivity contribution in [1.82, 2.24) is 0 Å². The molecule has 0 aromatic rings. The fourth-order valence-corrected chi connectivity index (χ4v) is 0. The van der Waals surface area contributed by atoms with Gasteiger partial charge in [0.05, 0.1) is 0 Å². The molecule has 0 N–H and O–H groups in total. The zero-order chi connectivity index (χ0) is 0. The first-order valence-electron chi connectivity index (χ1n) is 0. The third-order valence-corrected chi connectivity index (χ3v) is 0. The minimum atomic E-state index is 0. The van der Waals surface area contributed by atoms with Crippen molar-refractivity contribution in [2.24, 2.45) is 0 Å². The summed E-state index contributed by atoms with van der Waals surface area (Å²) >= 11 is 0. The molecule has 0 nitrogen and oxygen atoms in total. The Labute approximate surface area is 137 Å². The fraction of sp³-hybridized carbons (Fsp3) is 0. The summed E-state index contributed by atoms with van der Waals surface area (Å²) in [4.78, 5) is 0. The van der Waals surface area contributed by atoms with Gasteiger partial charge in [0.15, 0.2) is 0 Å². The Morgan fingerprint density at radius 3 is 1.20 bits per heavy atom. The van der Waals surface area contributed by atoms with Crippen LogP contribution in [-0.2, 0) is 45.7 Å². The van der Waals surface area contributed by atoms with Crippen LogP contribution in [0.25, 0.3) is 0 Å². The molecule has 0 saturated carbocycles. The molecule has 0 unspecified atom stereocenters. The summed E-state index contributed by atoms with van der Waals surface area (Å²) in [6.45, 7) is 0. The second-order valence-corrected chi connectivity index (χ2v) is 0. The summed E-state index contributed by atoms with van der Waals surface area (Å²) in [5, 5.41) is 0. The molecule has 0 fully saturated rings. The molecule has 17 valence electrons. The predicted molar refractivity (Wildman–Crippen MR) is 21.7 cm³/mol. The van der Waals surface area contributed by atoms with Gasteiger partial charge in [-0.2, -0.15) is 0 Å². The van der Waals surface area contributed by atoms with Crippen molar-refractivity contribution in [3.05, 3.63) is 0 Å². The average Bonchev–Trinajstić information content (AvgIpc) is 0. The maximum Gasteiger partial charge on any atom is 2.00 e. The summed E-state index contributed by atoms with van der Waals surface area (Å²) in [6, 6.07) is 0. The topological polar surface area (TPSA) is 0 Å². The third-order valence-electron chi connectivity index (χ3n) is 0. The molecular weight excluding hydrogens is 345 g/mol. The maximum atomic E-state index is 0. The van der Waals surface area contributed by atoms with Gasteiger partial charge < -0.3 is 5.71 Å². The quantitative estimate of drug-likeness (QED) is 0.508. The second kappa shape index (κ2) is 23.8. The van der Waals surface area contributed by atoms with Crippen molar-refractivity contribution in [3.63, 3.8) is 0 Å². The van der Waals surface area contributed by atoms with Crippen molar-refractivity contribution in [1.29, 1.82) is 0 Å². The van der Waals surface area contributed by atoms with Crippen molar-refractivity contribution >= 4 is 89.3 Å². The minimum Gasteiger partial charge on any atom is -1.00 e. The largest absolute Gasteiger partial charge is 2.00 e. The first-order chi connectivity index (χ1) is 0. The Hall–Kier alpha value is 4.38. The molecule has 5 heavy (non-hydrogen) atoms. The van der Waals surface area contributed by atoms with E-state index in [2.05, 4.69) is 0 Å². The van der Waals surface area contributed by atoms with Gasteiger partial charge >= 0.3 is 71.9 Å². The van der Waals surface area contributed by atoms with Crippen LogP contribution in [-0.4, -0.2) is 89.3 Å². The van der Waals surface area contributed by atoms with Crippen molar-refractivity contribution in [2.75, 3.05) is 0 Å². The smallest absolute Gasteiger partial charge is 1.00 e. The molecule has 0 saturated heterocycles. The normalized spacial score (nSPS) is 0. The molecule has 0 aliphatic rings. The predicted octanol–water partition coefficient (Wildman–Crippen LogP) is -0.697. The SMILES string of the molecule is [Al].[Ba+2].[H-].[H-].[H-].[H-].[Mg+2].[Zn].[Zr]. The summed E-state index contributed by atoms with van der Waals surface area (Å²) in [5.41, 5.74) is 0. The first kappa shape index (κ1) is 34.3. The zero-order valence-corrected chi connectivity index (χ0v) is 15.6. The van der Waals surface area contributed by atoms with Gasteiger partial charge in [-0.3, -0.25) is 0 Å². The Balaban J connectivity index is 0. The molecule has 0 aromatic carbocycles. The van der Waals surface area contributed by atoms with E-state index < -0.39 is 0 Å². The van der Waals surface area contributed by atoms with E-state index in [1.54, 1.807) is 0 Å². The van der Waals surface area contributed by atoms with E-state index in [0.717, 1.165) is 0 Å². The number of hydrogen-bond acceptors (Lipinski definition) is 0. The van der Waals surface area contributed by atoms with Gasteiger partial charge in [0.1, 0.15) is 0 Å². The molecule has 3 radical (unpaired) electrons. The Bertz CT molecular complexity index is 20.5. The van der Waals surface area contributed by atoms with E-state index in [1.165, 1.54) is 0 Å². The van der Waals surface area contributed by atoms with Crippen LogP contribution < -0.4 is 0 Å². The molecule has 0 atom stereocenters. The van der Waals surface area contributed by atoms with Crippen molar-refractivity contribution in [2.45, 2.75) is 0 Å². The summed E-state index contributed by atoms with van der Waals surface area (Å²) in [7, 11) is 0. The zero-order valence-electron chi connectivity index (χ0n) is 7.20. The first-order valence-corrected chi connectivity index (χ1v) is 0. The molecule has 0 rings (SSSR count). The molecular formula is H4AlBaMgZnZr. The van der Waals surface area contributed by atoms with E-state index >= 15 is 0 Å². The second-order valence-electron chi connectivity index (χ2n) is 0. The molecule has 0 spiro atoms. The summed E-state index contributed by atoms with van der Waals surface area (Å²) in [6.07, 6.45) is 0. The van der Waals surface area contributed by atoms with E-state index in [-0.39, 0.29) is 141 Å². The summed E-state index contributed by atoms with van der Waals surface area (Å²) < 4.78 is 0. The Kier molecular flexibility index (Phi) is 163. The Morgan fingerprint density at radius 2 is 1.20 bits per heavy atom. The van der Waals surface area contributed by atoms with Gasteiger partial charge in [-0.1, -0.05) is 0 Å². The van der Waals surface area contributed by atoms with Crippen LogP contribution in [0.5, 0.6) is 0 Å². The van der Waals surface area contributed by atoms with Gasteiger partial charge in [-0.15, -0.1) is 0 Å². The van der Waals surface area contributed by atoms with Crippen LogP contribution in [0.2, 0.25) is 0 Å². The fourth-order valence-electron chi connectivity index (χ4n) is 0. The van der Waals surface area contributed by atoms with Crippen molar-refractivity contribution < 1.29 is 51.4 Å². The molecule has 0 aliphatic carbocycles. The molecule has 0 aliphatic heterocycles. The van der Waals surface area contributed by atoms with E-state index in [0.29, 0.717) is 0 Å². The molecule has 5 heteroatoms. The Morgan fingerprint density at radius 1 is 1.20 bits per heavy atom. The van der Waals surface area contributed by atoms with Crippen LogP contribution in [0.3, 0.4) is 0 Å². The van der Waals surface area contributed by atoms with Crippen LogP contribution in [0.1, 0.15) is 5.71 Å². The number of hydrogen-bond donors (Lipinski definition) is 0. The van der Waals surface area contributed by atoms with Crippen LogP contribution in [0.15, 0.2) is 0 Å². The van der Waals surface area contributed by atoms with E-state index in [9.17, 15) is 0 Å². The van der Waals surface area contributed by atoms with Crippen LogP contribution >= 0.6 is 0 Å². The van der Waals surface area contributed by atoms with Gasteiger partial charge in [-0.05, 0) is 0 Å². The van der Waals surface area contributed by atoms with Gasteiger partial charge in [0.25, 0.3) is 0 Å². The average molecular weight is 349 g/mol. The molecule has 0 bridgehead atoms. The molecule has 0 heterocycles. The van der Waals surface area contributed by atoms with E-state index in [1.807, 2.05) is 0 Å². The standard InChI is InChI=1S/Al.Ba.Mg.Zn.Zr.4H/q;2*+2;;;4*-1. The molecule has 0 aromatic heterocycles. The van der Waals surface area contributed by atoms with Crippen LogP contribution in [0.4, 0.5) is 0 Å². The maximum absolute atomic E-state index is 0. The number of rotatable bonds is 0. The monoisotopic (exact) mass is 347 g/mol. The van der Waals surface area contributed by atoms with E-state index in [4.69, 9.17) is 0 Å². The minimum absolute atomic E-state index is 0. The molecule has 0 amide bonds. The third kappa shape index (κ3) is 17.8. The van der Waals surface area contributed by atoms with Gasteiger partial charge in [-0.25, -0.2) is 0 Å². The summed E-state index contributed by atoms with van der Waals surface area (Å²) in [5.74, 6) is 0. The van der Waals surface area contributed by atoms with Gasteiger partial charge in [0.2, 0.25) is 0 Å². The van der Waals surface area contributed by atoms with Crippen molar-refractivity contribution in [3.8, 4) is 0 Å². The van der Waals surface area contributed by atoms with Gasteiger partial charge in [0, 0.05) is 63.0 Å².